The van der Waals surface area contributed by atoms with Crippen molar-refractivity contribution in [2.24, 2.45) is 0 Å². The highest BCUT2D eigenvalue weighted by Gasteiger charge is 2.34. The Morgan fingerprint density at radius 3 is 2.59 bits per heavy atom. The van der Waals surface area contributed by atoms with E-state index in [1.165, 1.54) is 0 Å². The van der Waals surface area contributed by atoms with Crippen LogP contribution < -0.4 is 0 Å². The van der Waals surface area contributed by atoms with E-state index in [4.69, 9.17) is 4.74 Å². The normalized spacial score (nSPS) is 18.1. The number of rotatable bonds is 8. The third-order valence-corrected chi connectivity index (χ3v) is 5.18. The van der Waals surface area contributed by atoms with Gasteiger partial charge in [-0.25, -0.2) is 0 Å². The lowest BCUT2D eigenvalue weighted by Crippen LogP contribution is -2.19. The molecule has 0 radical (unpaired) electrons. The third kappa shape index (κ3) is 4.08. The van der Waals surface area contributed by atoms with Gasteiger partial charge in [-0.2, -0.15) is 0 Å². The lowest BCUT2D eigenvalue weighted by atomic mass is 9.99. The molecule has 0 aromatic heterocycles. The molecule has 1 aromatic rings. The highest BCUT2D eigenvalue weighted by molar-refractivity contribution is 8.05. The van der Waals surface area contributed by atoms with Gasteiger partial charge in [-0.1, -0.05) is 37.3 Å². The largest absolute Gasteiger partial charge is 0.381 e. The third-order valence-electron chi connectivity index (χ3n) is 3.70. The quantitative estimate of drug-likeness (QED) is 0.536. The summed E-state index contributed by atoms with van der Waals surface area (Å²) in [5.41, 5.74) is 1.54. The van der Waals surface area contributed by atoms with Crippen molar-refractivity contribution in [2.45, 2.75) is 38.4 Å². The van der Waals surface area contributed by atoms with Crippen LogP contribution in [-0.4, -0.2) is 30.0 Å². The van der Waals surface area contributed by atoms with E-state index in [2.05, 4.69) is 6.92 Å². The summed E-state index contributed by atoms with van der Waals surface area (Å²) in [6.45, 7) is 5.23. The molecule has 4 heteroatoms. The van der Waals surface area contributed by atoms with Gasteiger partial charge in [0, 0.05) is 30.6 Å². The van der Waals surface area contributed by atoms with Gasteiger partial charge >= 0.3 is 0 Å². The molecule has 1 aliphatic heterocycles. The van der Waals surface area contributed by atoms with Crippen molar-refractivity contribution < 1.29 is 14.3 Å². The van der Waals surface area contributed by atoms with Crippen molar-refractivity contribution in [3.05, 3.63) is 46.4 Å². The molecule has 0 amide bonds. The number of thioether (sulfide) groups is 1. The van der Waals surface area contributed by atoms with Gasteiger partial charge < -0.3 is 4.74 Å². The van der Waals surface area contributed by atoms with Gasteiger partial charge in [0.15, 0.2) is 11.6 Å². The van der Waals surface area contributed by atoms with E-state index in [1.807, 2.05) is 25.1 Å². The van der Waals surface area contributed by atoms with Gasteiger partial charge in [0.1, 0.15) is 0 Å². The number of benzene rings is 1. The first-order valence-electron chi connectivity index (χ1n) is 7.76. The Morgan fingerprint density at radius 1 is 1.23 bits per heavy atom. The topological polar surface area (TPSA) is 43.4 Å². The number of carbonyl (C=O) groups is 2. The van der Waals surface area contributed by atoms with Crippen LogP contribution in [0.25, 0.3) is 0 Å². The second-order valence-electron chi connectivity index (χ2n) is 5.17. The van der Waals surface area contributed by atoms with E-state index in [1.54, 1.807) is 23.9 Å². The maximum atomic E-state index is 12.5. The van der Waals surface area contributed by atoms with Crippen molar-refractivity contribution in [2.75, 3.05) is 13.2 Å². The van der Waals surface area contributed by atoms with Gasteiger partial charge in [-0.15, -0.1) is 11.8 Å². The van der Waals surface area contributed by atoms with Crippen LogP contribution in [0.3, 0.4) is 0 Å². The molecule has 1 aromatic carbocycles. The Hall–Kier alpha value is -1.39. The molecular formula is C18H22O3S. The standard InChI is InChI=1S/C18H22O3S/c1-3-16-14(10-11-21-4-2)18(20)17(22-16)12-15(19)13-8-6-5-7-9-13/h5-9,17H,3-4,10-12H2,1-2H3. The van der Waals surface area contributed by atoms with Crippen LogP contribution in [0.1, 0.15) is 43.5 Å². The minimum atomic E-state index is -0.265. The Kier molecular flexibility index (Phi) is 6.40. The number of hydrogen-bond acceptors (Lipinski definition) is 4. The van der Waals surface area contributed by atoms with Gasteiger partial charge in [0.25, 0.3) is 0 Å². The molecular weight excluding hydrogens is 296 g/mol. The zero-order valence-electron chi connectivity index (χ0n) is 13.1. The molecule has 1 unspecified atom stereocenters. The molecule has 1 heterocycles. The molecule has 1 atom stereocenters. The van der Waals surface area contributed by atoms with E-state index < -0.39 is 0 Å². The molecule has 0 aliphatic carbocycles. The molecule has 0 N–H and O–H groups in total. The summed E-state index contributed by atoms with van der Waals surface area (Å²) < 4.78 is 5.36. The number of carbonyl (C=O) groups excluding carboxylic acids is 2. The maximum absolute atomic E-state index is 12.5. The van der Waals surface area contributed by atoms with E-state index in [9.17, 15) is 9.59 Å². The molecule has 0 spiro atoms. The molecule has 0 saturated carbocycles. The van der Waals surface area contributed by atoms with Crippen LogP contribution >= 0.6 is 11.8 Å². The summed E-state index contributed by atoms with van der Waals surface area (Å²) in [7, 11) is 0. The van der Waals surface area contributed by atoms with Crippen LogP contribution in [0.4, 0.5) is 0 Å². The van der Waals surface area contributed by atoms with E-state index in [-0.39, 0.29) is 23.2 Å². The molecule has 118 valence electrons. The number of ketones is 2. The molecule has 0 bridgehead atoms. The molecule has 0 saturated heterocycles. The minimum Gasteiger partial charge on any atom is -0.381 e. The van der Waals surface area contributed by atoms with Crippen LogP contribution in [0.5, 0.6) is 0 Å². The second-order valence-corrected chi connectivity index (χ2v) is 6.46. The smallest absolute Gasteiger partial charge is 0.173 e. The lowest BCUT2D eigenvalue weighted by molar-refractivity contribution is -0.115. The highest BCUT2D eigenvalue weighted by Crippen LogP contribution is 2.40. The molecule has 3 nitrogen and oxygen atoms in total. The highest BCUT2D eigenvalue weighted by atomic mass is 32.2. The van der Waals surface area contributed by atoms with Crippen molar-refractivity contribution >= 4 is 23.3 Å². The monoisotopic (exact) mass is 318 g/mol. The summed E-state index contributed by atoms with van der Waals surface area (Å²) in [6, 6.07) is 9.18. The van der Waals surface area contributed by atoms with Gasteiger partial charge in [0.05, 0.1) is 11.9 Å². The summed E-state index contributed by atoms with van der Waals surface area (Å²) in [4.78, 5) is 26.0. The Balaban J connectivity index is 2.00. The maximum Gasteiger partial charge on any atom is 0.173 e. The van der Waals surface area contributed by atoms with Crippen LogP contribution in [0, 0.1) is 0 Å². The number of Topliss-reactive ketones (excluding diaryl/α,β-unsaturated/α-hetero) is 2. The predicted molar refractivity (Wildman–Crippen MR) is 90.2 cm³/mol. The molecule has 1 aliphatic rings. The average Bonchev–Trinajstić information content (AvgIpc) is 2.84. The Morgan fingerprint density at radius 2 is 1.95 bits per heavy atom. The van der Waals surface area contributed by atoms with Crippen molar-refractivity contribution in [1.29, 1.82) is 0 Å². The Bertz CT molecular complexity index is 563. The molecule has 0 fully saturated rings. The predicted octanol–water partition coefficient (Wildman–Crippen LogP) is 4.03. The summed E-state index contributed by atoms with van der Waals surface area (Å²) in [5, 5.41) is -0.265. The fourth-order valence-corrected chi connectivity index (χ4v) is 3.89. The second kappa shape index (κ2) is 8.30. The van der Waals surface area contributed by atoms with E-state index in [0.29, 0.717) is 25.2 Å². The zero-order chi connectivity index (χ0) is 15.9. The first-order chi connectivity index (χ1) is 10.7. The summed E-state index contributed by atoms with van der Waals surface area (Å²) in [6.07, 6.45) is 1.77. The first-order valence-corrected chi connectivity index (χ1v) is 8.64. The van der Waals surface area contributed by atoms with Crippen molar-refractivity contribution in [3.8, 4) is 0 Å². The first kappa shape index (κ1) is 17.0. The lowest BCUT2D eigenvalue weighted by Gasteiger charge is -2.08. The average molecular weight is 318 g/mol. The number of hydrogen-bond donors (Lipinski definition) is 0. The minimum absolute atomic E-state index is 0.0351. The zero-order valence-corrected chi connectivity index (χ0v) is 13.9. The van der Waals surface area contributed by atoms with Crippen molar-refractivity contribution in [1.82, 2.24) is 0 Å². The fraction of sp³-hybridized carbons (Fsp3) is 0.444. The number of ether oxygens (including phenoxy) is 1. The fourth-order valence-electron chi connectivity index (χ4n) is 2.55. The van der Waals surface area contributed by atoms with Crippen LogP contribution in [0.2, 0.25) is 0 Å². The van der Waals surface area contributed by atoms with E-state index >= 15 is 0 Å². The summed E-state index contributed by atoms with van der Waals surface area (Å²) >= 11 is 1.56. The van der Waals surface area contributed by atoms with Crippen LogP contribution in [0.15, 0.2) is 40.8 Å². The Labute approximate surface area is 136 Å². The van der Waals surface area contributed by atoms with E-state index in [0.717, 1.165) is 16.9 Å². The van der Waals surface area contributed by atoms with Crippen molar-refractivity contribution in [3.63, 3.8) is 0 Å². The summed E-state index contributed by atoms with van der Waals surface area (Å²) in [5.74, 6) is 0.152. The number of allylic oxidation sites excluding steroid dienone is 1. The molecule has 22 heavy (non-hydrogen) atoms. The SMILES string of the molecule is CCOCCC1=C(CC)SC(CC(=O)c2ccccc2)C1=O. The molecule has 2 rings (SSSR count). The van der Waals surface area contributed by atoms with Gasteiger partial charge in [-0.05, 0) is 18.2 Å². The van der Waals surface area contributed by atoms with Crippen LogP contribution in [-0.2, 0) is 9.53 Å². The van der Waals surface area contributed by atoms with Gasteiger partial charge in [-0.3, -0.25) is 9.59 Å². The van der Waals surface area contributed by atoms with Gasteiger partial charge in [0.2, 0.25) is 0 Å².